The van der Waals surface area contributed by atoms with Crippen molar-refractivity contribution in [1.82, 2.24) is 0 Å². The molecule has 0 radical (unpaired) electrons. The first-order valence-corrected chi connectivity index (χ1v) is 9.57. The van der Waals surface area contributed by atoms with Crippen LogP contribution < -0.4 is 4.90 Å². The molecule has 4 aliphatic rings. The second kappa shape index (κ2) is 6.67. The van der Waals surface area contributed by atoms with Gasteiger partial charge in [-0.1, -0.05) is 32.0 Å². The third-order valence-electron chi connectivity index (χ3n) is 6.12. The Hall–Kier alpha value is -1.31. The van der Waals surface area contributed by atoms with Crippen molar-refractivity contribution in [3.8, 4) is 0 Å². The summed E-state index contributed by atoms with van der Waals surface area (Å²) >= 11 is 0. The Balaban J connectivity index is 0.000000753. The summed E-state index contributed by atoms with van der Waals surface area (Å²) in [4.78, 5) is 15.4. The Morgan fingerprint density at radius 2 is 1.48 bits per heavy atom. The van der Waals surface area contributed by atoms with Gasteiger partial charge >= 0.3 is 0 Å². The molecule has 0 spiro atoms. The molecule has 0 saturated heterocycles. The first kappa shape index (κ1) is 16.5. The van der Waals surface area contributed by atoms with Gasteiger partial charge in [-0.2, -0.15) is 0 Å². The number of rotatable bonds is 3. The van der Waals surface area contributed by atoms with Crippen LogP contribution in [0.4, 0.5) is 5.69 Å². The van der Waals surface area contributed by atoms with E-state index < -0.39 is 0 Å². The van der Waals surface area contributed by atoms with E-state index in [0.717, 1.165) is 49.2 Å². The molecule has 5 rings (SSSR count). The second-order valence-electron chi connectivity index (χ2n) is 7.58. The maximum absolute atomic E-state index is 13.4. The van der Waals surface area contributed by atoms with Gasteiger partial charge in [-0.3, -0.25) is 4.79 Å². The summed E-state index contributed by atoms with van der Waals surface area (Å²) in [5.74, 6) is 2.90. The molecular weight excluding hydrogens is 282 g/mol. The minimum absolute atomic E-state index is 0.0272. The smallest absolute Gasteiger partial charge is 0.233 e. The molecule has 2 nitrogen and oxygen atoms in total. The average Bonchev–Trinajstić information content (AvgIpc) is 2.57. The average molecular weight is 313 g/mol. The molecule has 1 aromatic carbocycles. The first-order valence-electron chi connectivity index (χ1n) is 9.57. The van der Waals surface area contributed by atoms with Crippen LogP contribution >= 0.6 is 0 Å². The third-order valence-corrected chi connectivity index (χ3v) is 6.12. The Labute approximate surface area is 141 Å². The predicted octanol–water partition coefficient (Wildman–Crippen LogP) is 5.28. The molecule has 4 bridgehead atoms. The van der Waals surface area contributed by atoms with Crippen molar-refractivity contribution in [1.29, 1.82) is 0 Å². The largest absolute Gasteiger partial charge is 0.312 e. The zero-order chi connectivity index (χ0) is 16.4. The van der Waals surface area contributed by atoms with Crippen molar-refractivity contribution in [3.63, 3.8) is 0 Å². The molecule has 23 heavy (non-hydrogen) atoms. The number of benzene rings is 1. The Bertz CT molecular complexity index is 501. The summed E-state index contributed by atoms with van der Waals surface area (Å²) in [6.45, 7) is 6.88. The van der Waals surface area contributed by atoms with Crippen LogP contribution in [0.15, 0.2) is 30.3 Å². The van der Waals surface area contributed by atoms with Crippen LogP contribution in [0.1, 0.15) is 59.3 Å². The molecule has 0 aliphatic heterocycles. The molecule has 0 atom stereocenters. The quantitative estimate of drug-likeness (QED) is 0.743. The lowest BCUT2D eigenvalue weighted by atomic mass is 9.49. The van der Waals surface area contributed by atoms with Crippen LogP contribution in [0.2, 0.25) is 0 Å². The molecule has 1 aromatic rings. The lowest BCUT2D eigenvalue weighted by molar-refractivity contribution is -0.143. The number of carbonyl (C=O) groups is 1. The van der Waals surface area contributed by atoms with E-state index in [2.05, 4.69) is 19.1 Å². The topological polar surface area (TPSA) is 20.3 Å². The minimum atomic E-state index is -0.0272. The molecule has 4 aliphatic carbocycles. The van der Waals surface area contributed by atoms with Crippen LogP contribution in [0.5, 0.6) is 0 Å². The van der Waals surface area contributed by atoms with Gasteiger partial charge in [-0.15, -0.1) is 0 Å². The van der Waals surface area contributed by atoms with E-state index in [1.807, 2.05) is 36.9 Å². The van der Waals surface area contributed by atoms with Gasteiger partial charge < -0.3 is 4.90 Å². The zero-order valence-corrected chi connectivity index (χ0v) is 14.9. The third kappa shape index (κ3) is 2.93. The van der Waals surface area contributed by atoms with Crippen molar-refractivity contribution in [2.24, 2.45) is 23.2 Å². The summed E-state index contributed by atoms with van der Waals surface area (Å²) in [7, 11) is 0. The van der Waals surface area contributed by atoms with Crippen LogP contribution in [-0.4, -0.2) is 12.5 Å². The summed E-state index contributed by atoms with van der Waals surface area (Å²) in [5, 5.41) is 0. The fraction of sp³-hybridized carbons (Fsp3) is 0.667. The van der Waals surface area contributed by atoms with E-state index in [1.54, 1.807) is 0 Å². The van der Waals surface area contributed by atoms with E-state index >= 15 is 0 Å². The SMILES string of the molecule is CC.CCN(C(=O)C12CC3CC(CC(C3)C1)C2)c1ccccc1. The molecule has 0 unspecified atom stereocenters. The molecule has 2 heteroatoms. The van der Waals surface area contributed by atoms with Crippen molar-refractivity contribution >= 4 is 11.6 Å². The molecule has 1 amide bonds. The van der Waals surface area contributed by atoms with Gasteiger partial charge in [0.25, 0.3) is 0 Å². The number of nitrogens with zero attached hydrogens (tertiary/aromatic N) is 1. The standard InChI is InChI=1S/C19H25NO.C2H6/c1-2-20(17-6-4-3-5-7-17)18(21)19-11-14-8-15(12-19)10-16(9-14)13-19;1-2/h3-7,14-16H,2,8-13H2,1H3;1-2H3. The fourth-order valence-corrected chi connectivity index (χ4v) is 5.71. The predicted molar refractivity (Wildman–Crippen MR) is 96.4 cm³/mol. The highest BCUT2D eigenvalue weighted by Gasteiger charge is 2.55. The van der Waals surface area contributed by atoms with E-state index in [-0.39, 0.29) is 5.41 Å². The Kier molecular flexibility index (Phi) is 4.79. The summed E-state index contributed by atoms with van der Waals surface area (Å²) < 4.78 is 0. The van der Waals surface area contributed by atoms with Crippen LogP contribution in [-0.2, 0) is 4.79 Å². The highest BCUT2D eigenvalue weighted by atomic mass is 16.2. The number of carbonyl (C=O) groups excluding carboxylic acids is 1. The summed E-state index contributed by atoms with van der Waals surface area (Å²) in [6, 6.07) is 10.2. The number of anilines is 1. The Morgan fingerprint density at radius 3 is 1.91 bits per heavy atom. The van der Waals surface area contributed by atoms with Crippen LogP contribution in [0.3, 0.4) is 0 Å². The van der Waals surface area contributed by atoms with Crippen molar-refractivity contribution in [2.75, 3.05) is 11.4 Å². The van der Waals surface area contributed by atoms with Crippen molar-refractivity contribution in [2.45, 2.75) is 59.3 Å². The van der Waals surface area contributed by atoms with Crippen LogP contribution in [0.25, 0.3) is 0 Å². The summed E-state index contributed by atoms with van der Waals surface area (Å²) in [5.41, 5.74) is 1.04. The maximum atomic E-state index is 13.4. The van der Waals surface area contributed by atoms with E-state index in [1.165, 1.54) is 19.3 Å². The zero-order valence-electron chi connectivity index (χ0n) is 14.9. The normalized spacial score (nSPS) is 33.8. The second-order valence-corrected chi connectivity index (χ2v) is 7.58. The number of amides is 1. The Morgan fingerprint density at radius 1 is 1.00 bits per heavy atom. The van der Waals surface area contributed by atoms with Gasteiger partial charge in [0.15, 0.2) is 0 Å². The number of para-hydroxylation sites is 1. The molecule has 0 heterocycles. The van der Waals surface area contributed by atoms with Gasteiger partial charge in [-0.05, 0) is 75.3 Å². The molecule has 0 N–H and O–H groups in total. The van der Waals surface area contributed by atoms with Gasteiger partial charge in [-0.25, -0.2) is 0 Å². The summed E-state index contributed by atoms with van der Waals surface area (Å²) in [6.07, 6.45) is 7.64. The van der Waals surface area contributed by atoms with Gasteiger partial charge in [0, 0.05) is 12.2 Å². The number of hydrogen-bond acceptors (Lipinski definition) is 1. The molecular formula is C21H31NO. The van der Waals surface area contributed by atoms with Gasteiger partial charge in [0.1, 0.15) is 0 Å². The van der Waals surface area contributed by atoms with E-state index in [9.17, 15) is 4.79 Å². The monoisotopic (exact) mass is 313 g/mol. The lowest BCUT2D eigenvalue weighted by Gasteiger charge is -2.56. The molecule has 4 fully saturated rings. The van der Waals surface area contributed by atoms with E-state index in [4.69, 9.17) is 0 Å². The van der Waals surface area contributed by atoms with Gasteiger partial charge in [0.05, 0.1) is 5.41 Å². The van der Waals surface area contributed by atoms with Crippen LogP contribution in [0, 0.1) is 23.2 Å². The van der Waals surface area contributed by atoms with Gasteiger partial charge in [0.2, 0.25) is 5.91 Å². The molecule has 126 valence electrons. The van der Waals surface area contributed by atoms with Crippen molar-refractivity contribution in [3.05, 3.63) is 30.3 Å². The molecule has 0 aromatic heterocycles. The lowest BCUT2D eigenvalue weighted by Crippen LogP contribution is -2.54. The number of hydrogen-bond donors (Lipinski definition) is 0. The fourth-order valence-electron chi connectivity index (χ4n) is 5.71. The van der Waals surface area contributed by atoms with E-state index in [0.29, 0.717) is 5.91 Å². The highest BCUT2D eigenvalue weighted by Crippen LogP contribution is 2.60. The minimum Gasteiger partial charge on any atom is -0.312 e. The highest BCUT2D eigenvalue weighted by molar-refractivity contribution is 5.97. The first-order chi connectivity index (χ1) is 11.2. The van der Waals surface area contributed by atoms with Crippen molar-refractivity contribution < 1.29 is 4.79 Å². The maximum Gasteiger partial charge on any atom is 0.233 e. The molecule has 4 saturated carbocycles.